The standard InChI is InChI=1S/C18H5F10S.C15H24O3S.C10H10O7S.C8H3BF6.C8H6O7S.C7H8O3S.C6BF5.CHF3O3S.6FH.Sb/c19-7-9(21)13(25)17(14(26)10(7)22)29(6-4-2-1-3-5-6)18-15(27)11(23)8(20)12(24)16(18)28;1-9(2)12-7-13(10(3)4)15(19(16,17)18)14(8-12)11(5)6;1-16-9(11)6-3-7(10(12)17-2)5-8(4-6)18(13,14)15;9-6-2-4(7(10,11)12)1-5(3-6)8(13,14)15;9-7(10)4-1-5(8(11)12)3-6(2-4)16(13,14)15;1-6-2-4-7(5-3-6)11(8,9)10;7-1-2(8)4(10)6(12)5(11)3(1)9;2-1(3,4)8(5,6)7;;;;;;;/h1-5H;7-11H,1-6H3,(H,16,17,18);3-5H,1-2H3,(H,13,14,15);1-3H;1-3H,(H,9,10)(H,11,12)(H,13,14,15);2-5H,1H3,(H,8,9,10);;(H,5,6,7);6*1H;/q+1;;;;;;;;;;;;;;+5/p-11. The molecule has 9 rings (SSSR count). The molecular weight excluding hydrogens is 2150 g/mol. The van der Waals surface area contributed by atoms with Crippen LogP contribution in [0, 0.1) is 94.2 Å². The molecule has 0 aliphatic heterocycles. The number of hydrogen-bond donors (Lipinski definition) is 2. The molecule has 9 aromatic carbocycles. The summed E-state index contributed by atoms with van der Waals surface area (Å²) < 4.78 is 520. The summed E-state index contributed by atoms with van der Waals surface area (Å²) in [6.07, 6.45) is -9.68. The van der Waals surface area contributed by atoms with Crippen molar-refractivity contribution >= 4 is 132 Å². The van der Waals surface area contributed by atoms with Crippen LogP contribution < -0.4 is 15.6 Å². The van der Waals surface area contributed by atoms with Gasteiger partial charge < -0.3 is 47.2 Å². The van der Waals surface area contributed by atoms with Crippen molar-refractivity contribution in [3.8, 4) is 0 Å². The van der Waals surface area contributed by atoms with Gasteiger partial charge >= 0.3 is 76.1 Å². The fourth-order valence-electron chi connectivity index (χ4n) is 9.11. The molecule has 0 saturated carbocycles. The summed E-state index contributed by atoms with van der Waals surface area (Å²) in [5.74, 6) is -39.4. The minimum absolute atomic E-state index is 0. The van der Waals surface area contributed by atoms with Crippen LogP contribution in [0.2, 0.25) is 0 Å². The number of esters is 2. The van der Waals surface area contributed by atoms with E-state index < -0.39 is 268 Å². The number of carboxylic acid groups (broad SMARTS) is 2. The van der Waals surface area contributed by atoms with Crippen molar-refractivity contribution in [2.75, 3.05) is 14.2 Å². The van der Waals surface area contributed by atoms with Gasteiger partial charge in [-0.2, -0.15) is 57.1 Å². The van der Waals surface area contributed by atoms with Crippen molar-refractivity contribution in [3.05, 3.63) is 264 Å². The van der Waals surface area contributed by atoms with Crippen LogP contribution in [0.3, 0.4) is 0 Å². The molecule has 4 radical (unpaired) electrons. The van der Waals surface area contributed by atoms with E-state index in [-0.39, 0.29) is 43.5 Å². The van der Waals surface area contributed by atoms with E-state index in [9.17, 15) is 190 Å². The zero-order valence-corrected chi connectivity index (χ0v) is 75.1. The van der Waals surface area contributed by atoms with Crippen LogP contribution in [0.5, 0.6) is 0 Å². The van der Waals surface area contributed by atoms with Gasteiger partial charge in [0.15, 0.2) is 44.1 Å². The Kier molecular flexibility index (Phi) is 44.8. The van der Waals surface area contributed by atoms with Crippen molar-refractivity contribution in [1.82, 2.24) is 0 Å². The molecule has 9 aromatic rings. The molecule has 0 heterocycles. The van der Waals surface area contributed by atoms with Crippen molar-refractivity contribution in [2.24, 2.45) is 0 Å². The molecular formula is C73H52B2F30O23S6Sb-5. The number of methoxy groups -OCH3 is 2. The molecule has 0 amide bonds. The first kappa shape index (κ1) is 125. The number of alkyl halides is 9. The van der Waals surface area contributed by atoms with Crippen molar-refractivity contribution < 1.29 is 228 Å². The predicted octanol–water partition coefficient (Wildman–Crippen LogP) is 13.7. The fourth-order valence-corrected chi connectivity index (χ4v) is 14.0. The molecule has 0 aliphatic carbocycles. The summed E-state index contributed by atoms with van der Waals surface area (Å²) in [5, 5.41) is 17.2. The fraction of sp³-hybridized carbons (Fsp3) is 0.205. The molecule has 744 valence electrons. The second kappa shape index (κ2) is 48.6. The van der Waals surface area contributed by atoms with Crippen LogP contribution in [0.4, 0.5) is 119 Å². The number of aromatic carboxylic acids is 2. The van der Waals surface area contributed by atoms with Gasteiger partial charge in [-0.3, -0.25) is 0 Å². The first-order valence-corrected chi connectivity index (χ1v) is 47.1. The number of ether oxygens (including phenoxy) is 2. The van der Waals surface area contributed by atoms with E-state index in [4.69, 9.17) is 31.0 Å². The van der Waals surface area contributed by atoms with Crippen LogP contribution in [0.15, 0.2) is 156 Å². The molecule has 0 spiro atoms. The zero-order chi connectivity index (χ0) is 105. The monoisotopic (exact) mass is 2200 g/mol. The van der Waals surface area contributed by atoms with Crippen molar-refractivity contribution in [3.63, 3.8) is 0 Å². The quantitative estimate of drug-likeness (QED) is 0.0149. The number of carbonyl (C=O) groups is 4. The van der Waals surface area contributed by atoms with Crippen LogP contribution in [0.1, 0.15) is 134 Å². The molecule has 2 N–H and O–H groups in total. The summed E-state index contributed by atoms with van der Waals surface area (Å²) in [4.78, 5) is 38.0. The maximum atomic E-state index is 14.3. The van der Waals surface area contributed by atoms with E-state index in [0.29, 0.717) is 41.3 Å². The van der Waals surface area contributed by atoms with E-state index in [1.807, 2.05) is 46.8 Å². The molecule has 23 nitrogen and oxygen atoms in total. The Bertz CT molecular complexity index is 6060. The summed E-state index contributed by atoms with van der Waals surface area (Å²) in [5.41, 5.74) is -8.71. The van der Waals surface area contributed by atoms with Gasteiger partial charge in [0.25, 0.3) is 0 Å². The normalized spacial score (nSPS) is 12.0. The van der Waals surface area contributed by atoms with E-state index in [1.54, 1.807) is 12.1 Å². The van der Waals surface area contributed by atoms with E-state index in [2.05, 4.69) is 31.2 Å². The number of aryl methyl sites for hydroxylation is 1. The summed E-state index contributed by atoms with van der Waals surface area (Å²) in [6.45, 7) is 13.6. The Morgan fingerprint density at radius 3 is 0.889 bits per heavy atom. The Morgan fingerprint density at radius 2 is 0.652 bits per heavy atom. The molecule has 0 bridgehead atoms. The maximum absolute atomic E-state index is 14.3. The molecule has 0 fully saturated rings. The average Bonchev–Trinajstić information content (AvgIpc) is 0.740. The van der Waals surface area contributed by atoms with Gasteiger partial charge in [0.05, 0.1) is 67.2 Å². The molecule has 0 saturated heterocycles. The number of benzene rings is 9. The molecule has 135 heavy (non-hydrogen) atoms. The second-order valence-corrected chi connectivity index (χ2v) is 38.4. The second-order valence-electron chi connectivity index (χ2n) is 26.0. The molecule has 0 aromatic heterocycles. The summed E-state index contributed by atoms with van der Waals surface area (Å²) in [7, 11) is -15.7. The van der Waals surface area contributed by atoms with Gasteiger partial charge in [0, 0.05) is 0 Å². The third-order valence-corrected chi connectivity index (χ3v) is 21.5. The molecule has 0 unspecified atom stereocenters. The summed E-state index contributed by atoms with van der Waals surface area (Å²) >= 11 is -9.19. The molecule has 0 atom stereocenters. The Balaban J connectivity index is 0.00000154. The third kappa shape index (κ3) is 37.6. The molecule has 62 heteroatoms. The Hall–Kier alpha value is -10.4. The van der Waals surface area contributed by atoms with Crippen LogP contribution in [-0.2, 0) is 83.3 Å². The topological polar surface area (TPSA) is 413 Å². The van der Waals surface area contributed by atoms with Crippen LogP contribution >= 0.6 is 0 Å². The Labute approximate surface area is 752 Å². The predicted molar refractivity (Wildman–Crippen MR) is 403 cm³/mol. The van der Waals surface area contributed by atoms with Crippen molar-refractivity contribution in [1.29, 1.82) is 0 Å². The number of hydrogen-bond acceptors (Lipinski definition) is 21. The van der Waals surface area contributed by atoms with Crippen LogP contribution in [0.25, 0.3) is 0 Å². The number of rotatable bonds is 14. The van der Waals surface area contributed by atoms with E-state index in [0.717, 1.165) is 61.7 Å². The number of carboxylic acids is 2. The minimum atomic E-state index is -9.19. The Morgan fingerprint density at radius 1 is 0.385 bits per heavy atom. The van der Waals surface area contributed by atoms with E-state index >= 15 is 0 Å². The van der Waals surface area contributed by atoms with Gasteiger partial charge in [0.1, 0.15) is 67.1 Å². The van der Waals surface area contributed by atoms with Crippen LogP contribution in [-0.4, -0.2) is 155 Å². The zero-order valence-electron chi connectivity index (χ0n) is 67.6. The SMILES string of the molecule is CC(C)c1cc(C(C)C)c(S(=O)(=O)[O-])c(C(C)C)c1.COC(=O)c1cc(C(=O)OC)cc(S(=O)(=O)[O-])c1.Cc1ccc(S(=O)(=O)[O-])cc1.Fc1c(F)c(F)c([S+](c2ccccc2)c2c(F)c(F)c(F)c(F)c2F)c(F)c1F.O=C(O)c1cc(C(=O)O)cc(S(=O)(=O)[O-])c1.O=S(=O)([O-])C(F)(F)F.[B]c1c(F)c(F)c(F)c(F)c1F.[B]c1cc(C(F)(F)F)cc(C(F)(F)F)c1.[F-].[F][Sb]([F])([F])([F])[F]. The first-order valence-electron chi connectivity index (χ1n) is 34.0. The first-order chi connectivity index (χ1) is 60.2. The van der Waals surface area contributed by atoms with Gasteiger partial charge in [-0.25, -0.2) is 110 Å². The average molecular weight is 2200 g/mol. The third-order valence-electron chi connectivity index (χ3n) is 15.2. The number of halogens is 30. The van der Waals surface area contributed by atoms with Gasteiger partial charge in [-0.05, 0) is 114 Å². The molecule has 0 aliphatic rings. The van der Waals surface area contributed by atoms with Gasteiger partial charge in [-0.15, -0.1) is 0 Å². The van der Waals surface area contributed by atoms with Gasteiger partial charge in [-0.1, -0.05) is 107 Å². The number of carbonyl (C=O) groups excluding carboxylic acids is 2. The summed E-state index contributed by atoms with van der Waals surface area (Å²) in [6, 6.07) is 20.8. The van der Waals surface area contributed by atoms with Crippen molar-refractivity contribution in [2.45, 2.75) is 118 Å². The van der Waals surface area contributed by atoms with Gasteiger partial charge in [0.2, 0.25) is 68.0 Å². The van der Waals surface area contributed by atoms with E-state index in [1.165, 1.54) is 30.3 Å².